The summed E-state index contributed by atoms with van der Waals surface area (Å²) in [6.45, 7) is 1.45. The zero-order valence-corrected chi connectivity index (χ0v) is 19.4. The normalized spacial score (nSPS) is 15.8. The van der Waals surface area contributed by atoms with Gasteiger partial charge in [-0.25, -0.2) is 0 Å². The van der Waals surface area contributed by atoms with Crippen LogP contribution in [0.4, 0.5) is 17.2 Å². The van der Waals surface area contributed by atoms with E-state index in [1.165, 1.54) is 38.0 Å². The molecule has 0 aliphatic heterocycles. The van der Waals surface area contributed by atoms with E-state index in [0.29, 0.717) is 17.1 Å². The summed E-state index contributed by atoms with van der Waals surface area (Å²) in [5.41, 5.74) is 12.2. The maximum absolute atomic E-state index is 12.0. The first-order chi connectivity index (χ1) is 15.5. The van der Waals surface area contributed by atoms with Gasteiger partial charge in [-0.05, 0) is 63.1 Å². The molecule has 0 amide bonds. The molecule has 2 heterocycles. The Labute approximate surface area is 188 Å². The van der Waals surface area contributed by atoms with Gasteiger partial charge in [-0.15, -0.1) is 10.2 Å². The minimum atomic E-state index is -0.196. The largest absolute Gasteiger partial charge is 0.494 e. The van der Waals surface area contributed by atoms with Crippen LogP contribution in [0.3, 0.4) is 0 Å². The van der Waals surface area contributed by atoms with Crippen LogP contribution in [0.15, 0.2) is 30.3 Å². The molecule has 2 saturated carbocycles. The molecule has 0 atom stereocenters. The van der Waals surface area contributed by atoms with Gasteiger partial charge in [0.15, 0.2) is 17.2 Å². The molecule has 2 aliphatic carbocycles. The molecule has 0 bridgehead atoms. The van der Waals surface area contributed by atoms with Crippen molar-refractivity contribution in [3.05, 3.63) is 36.0 Å². The predicted molar refractivity (Wildman–Crippen MR) is 128 cm³/mol. The Morgan fingerprint density at radius 3 is 2.50 bits per heavy atom. The van der Waals surface area contributed by atoms with Crippen LogP contribution < -0.4 is 21.2 Å². The highest BCUT2D eigenvalue weighted by Crippen LogP contribution is 2.63. The summed E-state index contributed by atoms with van der Waals surface area (Å²) in [5.74, 6) is 0.692. The molecular weight excluding hydrogens is 423 g/mol. The Hall–Kier alpha value is -2.99. The molecule has 0 unspecified atom stereocenters. The molecule has 3 N–H and O–H groups in total. The number of benzene rings is 1. The summed E-state index contributed by atoms with van der Waals surface area (Å²) in [6.07, 6.45) is 5.42. The lowest BCUT2D eigenvalue weighted by molar-refractivity contribution is 0.101. The van der Waals surface area contributed by atoms with Gasteiger partial charge in [0, 0.05) is 25.6 Å². The fraction of sp³-hybridized carbons (Fsp3) is 0.391. The smallest absolute Gasteiger partial charge is 0.182 e. The maximum Gasteiger partial charge on any atom is 0.182 e. The monoisotopic (exact) mass is 450 g/mol. The van der Waals surface area contributed by atoms with Gasteiger partial charge in [-0.2, -0.15) is 5.10 Å². The van der Waals surface area contributed by atoms with E-state index in [1.807, 2.05) is 18.2 Å². The molecular formula is C23H27N6O2P. The lowest BCUT2D eigenvalue weighted by Gasteiger charge is -2.16. The zero-order valence-electron chi connectivity index (χ0n) is 18.5. The number of Topliss-reactive ketones (excluding diaryl/α,β-unsaturated/α-hetero) is 1. The summed E-state index contributed by atoms with van der Waals surface area (Å²) >= 11 is 0. The fourth-order valence-electron chi connectivity index (χ4n) is 4.17. The molecule has 2 fully saturated rings. The average molecular weight is 450 g/mol. The van der Waals surface area contributed by atoms with Crippen molar-refractivity contribution in [2.75, 3.05) is 18.2 Å². The predicted octanol–water partition coefficient (Wildman–Crippen LogP) is 3.85. The topological polar surface area (TPSA) is 108 Å². The summed E-state index contributed by atoms with van der Waals surface area (Å²) in [4.78, 5) is 12.0. The van der Waals surface area contributed by atoms with Crippen molar-refractivity contribution in [1.29, 1.82) is 0 Å². The number of nitrogen functional groups attached to an aromatic ring is 1. The van der Waals surface area contributed by atoms with Gasteiger partial charge < -0.3 is 15.8 Å². The van der Waals surface area contributed by atoms with E-state index in [1.54, 1.807) is 13.2 Å². The Balaban J connectivity index is 1.52. The summed E-state index contributed by atoms with van der Waals surface area (Å²) < 4.78 is 7.87. The second kappa shape index (κ2) is 8.17. The van der Waals surface area contributed by atoms with E-state index >= 15 is 0 Å². The number of carbonyl (C=O) groups excluding carboxylic acids is 1. The van der Waals surface area contributed by atoms with Crippen LogP contribution in [0.1, 0.15) is 43.1 Å². The minimum absolute atomic E-state index is 0.141. The molecule has 2 aliphatic rings. The third-order valence-corrected chi connectivity index (χ3v) is 9.46. The van der Waals surface area contributed by atoms with Gasteiger partial charge >= 0.3 is 0 Å². The van der Waals surface area contributed by atoms with Crippen LogP contribution in [0, 0.1) is 0 Å². The van der Waals surface area contributed by atoms with Crippen molar-refractivity contribution in [1.82, 2.24) is 20.0 Å². The van der Waals surface area contributed by atoms with Crippen LogP contribution in [0.2, 0.25) is 0 Å². The molecule has 5 rings (SSSR count). The Bertz CT molecular complexity index is 1170. The number of methoxy groups -OCH3 is 1. The number of nitrogens with one attached hydrogen (secondary N) is 1. The summed E-state index contributed by atoms with van der Waals surface area (Å²) in [5, 5.41) is 15.9. The highest BCUT2D eigenvalue weighted by atomic mass is 31.1. The molecule has 0 saturated heterocycles. The van der Waals surface area contributed by atoms with Crippen LogP contribution in [0.25, 0.3) is 11.3 Å². The van der Waals surface area contributed by atoms with Crippen LogP contribution >= 0.6 is 7.92 Å². The summed E-state index contributed by atoms with van der Waals surface area (Å²) in [6, 6.07) is 9.71. The van der Waals surface area contributed by atoms with E-state index in [4.69, 9.17) is 15.6 Å². The van der Waals surface area contributed by atoms with Crippen LogP contribution in [0.5, 0.6) is 5.75 Å². The molecule has 3 aromatic rings. The number of aromatic nitrogens is 4. The minimum Gasteiger partial charge on any atom is -0.494 e. The fourth-order valence-corrected chi connectivity index (χ4v) is 7.58. The van der Waals surface area contributed by atoms with Crippen molar-refractivity contribution < 1.29 is 9.53 Å². The summed E-state index contributed by atoms with van der Waals surface area (Å²) in [7, 11) is 3.55. The first-order valence-electron chi connectivity index (χ1n) is 10.9. The number of ether oxygens (including phenoxy) is 1. The second-order valence-electron chi connectivity index (χ2n) is 8.48. The average Bonchev–Trinajstić information content (AvgIpc) is 3.68. The SMILES string of the molecule is COc1c(Nc2cc(N)nnc2C(C)=O)cccc1-c1cc(P(C2CC2)C2CC2)n(C)n1. The third kappa shape index (κ3) is 3.95. The van der Waals surface area contributed by atoms with Crippen molar-refractivity contribution in [2.45, 2.75) is 43.9 Å². The van der Waals surface area contributed by atoms with Gasteiger partial charge in [-0.3, -0.25) is 9.48 Å². The third-order valence-electron chi connectivity index (χ3n) is 5.91. The molecule has 8 nitrogen and oxygen atoms in total. The van der Waals surface area contributed by atoms with Crippen molar-refractivity contribution in [2.24, 2.45) is 7.05 Å². The van der Waals surface area contributed by atoms with E-state index in [0.717, 1.165) is 22.6 Å². The van der Waals surface area contributed by atoms with Gasteiger partial charge in [-0.1, -0.05) is 6.07 Å². The molecule has 32 heavy (non-hydrogen) atoms. The highest BCUT2D eigenvalue weighted by molar-refractivity contribution is 7.67. The molecule has 9 heteroatoms. The number of carbonyl (C=O) groups is 1. The van der Waals surface area contributed by atoms with Gasteiger partial charge in [0.25, 0.3) is 0 Å². The van der Waals surface area contributed by atoms with Crippen molar-refractivity contribution in [3.63, 3.8) is 0 Å². The number of hydrogen-bond acceptors (Lipinski definition) is 7. The Morgan fingerprint density at radius 2 is 1.88 bits per heavy atom. The highest BCUT2D eigenvalue weighted by Gasteiger charge is 2.43. The van der Waals surface area contributed by atoms with E-state index in [-0.39, 0.29) is 25.2 Å². The lowest BCUT2D eigenvalue weighted by atomic mass is 10.1. The van der Waals surface area contributed by atoms with E-state index in [9.17, 15) is 4.79 Å². The lowest BCUT2D eigenvalue weighted by Crippen LogP contribution is -2.16. The van der Waals surface area contributed by atoms with Gasteiger partial charge in [0.1, 0.15) is 5.82 Å². The second-order valence-corrected chi connectivity index (χ2v) is 11.2. The first kappa shape index (κ1) is 20.9. The Morgan fingerprint density at radius 1 is 1.16 bits per heavy atom. The van der Waals surface area contributed by atoms with E-state index in [2.05, 4.69) is 33.3 Å². The molecule has 166 valence electrons. The number of ketones is 1. The quantitative estimate of drug-likeness (QED) is 0.396. The number of para-hydroxylation sites is 1. The first-order valence-corrected chi connectivity index (χ1v) is 12.3. The Kier molecular flexibility index (Phi) is 5.33. The number of rotatable bonds is 8. The number of hydrogen-bond donors (Lipinski definition) is 2. The standard InChI is InChI=1S/C23H27N6O2P/c1-13(30)22-19(11-20(24)26-27-22)25-17-6-4-5-16(23(17)31-3)18-12-21(29(2)28-18)32(14-7-8-14)15-9-10-15/h4-6,11-12,14-15H,7-10H2,1-3H3,(H3,24,25,26). The number of aryl methyl sites for hydroxylation is 1. The molecule has 2 aromatic heterocycles. The zero-order chi connectivity index (χ0) is 22.4. The van der Waals surface area contributed by atoms with Crippen molar-refractivity contribution in [3.8, 4) is 17.0 Å². The molecule has 0 spiro atoms. The maximum atomic E-state index is 12.0. The van der Waals surface area contributed by atoms with Crippen LogP contribution in [-0.4, -0.2) is 44.2 Å². The number of nitrogens with zero attached hydrogens (tertiary/aromatic N) is 4. The molecule has 0 radical (unpaired) electrons. The molecule has 1 aromatic carbocycles. The number of nitrogens with two attached hydrogens (primary N) is 1. The van der Waals surface area contributed by atoms with Gasteiger partial charge in [0.2, 0.25) is 0 Å². The van der Waals surface area contributed by atoms with E-state index < -0.39 is 0 Å². The van der Waals surface area contributed by atoms with Crippen molar-refractivity contribution >= 4 is 36.3 Å². The number of anilines is 3. The van der Waals surface area contributed by atoms with Crippen LogP contribution in [-0.2, 0) is 7.05 Å². The van der Waals surface area contributed by atoms with Gasteiger partial charge in [0.05, 0.1) is 29.6 Å².